The first-order chi connectivity index (χ1) is 20.7. The number of piperidine rings is 1. The number of pyridine rings is 1. The fourth-order valence-corrected chi connectivity index (χ4v) is 5.49. The summed E-state index contributed by atoms with van der Waals surface area (Å²) in [6, 6.07) is 20.5. The zero-order valence-electron chi connectivity index (χ0n) is 24.2. The van der Waals surface area contributed by atoms with Gasteiger partial charge in [-0.2, -0.15) is 4.80 Å². The molecule has 0 unspecified atom stereocenters. The Labute approximate surface area is 247 Å². The summed E-state index contributed by atoms with van der Waals surface area (Å²) in [6.07, 6.45) is 3.17. The second-order valence-electron chi connectivity index (χ2n) is 11.4. The molecule has 2 aromatic carbocycles. The molecule has 11 heteroatoms. The van der Waals surface area contributed by atoms with Crippen LogP contribution < -0.4 is 5.32 Å². The number of amides is 2. The number of halogens is 1. The minimum atomic E-state index is -2.00. The zero-order valence-corrected chi connectivity index (χ0v) is 24.2. The van der Waals surface area contributed by atoms with Crippen molar-refractivity contribution in [2.75, 3.05) is 18.4 Å². The lowest BCUT2D eigenvalue weighted by Gasteiger charge is -2.35. The van der Waals surface area contributed by atoms with Crippen molar-refractivity contribution in [3.63, 3.8) is 0 Å². The third-order valence-electron chi connectivity index (χ3n) is 7.77. The van der Waals surface area contributed by atoms with Crippen LogP contribution in [-0.4, -0.2) is 60.7 Å². The van der Waals surface area contributed by atoms with Gasteiger partial charge >= 0.3 is 0 Å². The van der Waals surface area contributed by atoms with Crippen LogP contribution in [0.2, 0.25) is 0 Å². The average molecular weight is 582 g/mol. The first kappa shape index (κ1) is 28.2. The van der Waals surface area contributed by atoms with E-state index in [-0.39, 0.29) is 17.9 Å². The summed E-state index contributed by atoms with van der Waals surface area (Å²) in [5, 5.41) is 16.2. The van der Waals surface area contributed by atoms with Crippen molar-refractivity contribution in [1.82, 2.24) is 30.1 Å². The summed E-state index contributed by atoms with van der Waals surface area (Å²) in [7, 11) is 0. The highest BCUT2D eigenvalue weighted by atomic mass is 19.1. The van der Waals surface area contributed by atoms with E-state index < -0.39 is 11.6 Å². The normalized spacial score (nSPS) is 15.0. The van der Waals surface area contributed by atoms with Gasteiger partial charge in [-0.1, -0.05) is 30.3 Å². The van der Waals surface area contributed by atoms with E-state index in [0.29, 0.717) is 47.2 Å². The molecule has 6 rings (SSSR count). The van der Waals surface area contributed by atoms with E-state index in [0.717, 1.165) is 23.8 Å². The summed E-state index contributed by atoms with van der Waals surface area (Å²) < 4.78 is 20.0. The van der Waals surface area contributed by atoms with Gasteiger partial charge in [0.1, 0.15) is 23.1 Å². The van der Waals surface area contributed by atoms with Gasteiger partial charge in [-0.3, -0.25) is 14.6 Å². The van der Waals surface area contributed by atoms with Gasteiger partial charge in [-0.15, -0.1) is 10.2 Å². The molecule has 4 heterocycles. The standard InChI is InChI=1S/C32H32FN7O3/c1-20-36-38-40(37-20)29(21-7-5-4-6-8-21)22-12-15-39(16-13-22)30(41)26-18-23(11-14-34-26)28-19-24-17-25(9-10-27(24)43-28)35-31(42)32(2,3)33/h4-11,14,17-19,22,29H,12-13,15-16H2,1-3H3,(H,35,42)/t29-/m1/s1. The number of furan rings is 1. The number of hydrogen-bond acceptors (Lipinski definition) is 7. The number of likely N-dealkylation sites (tertiary alicyclic amines) is 1. The van der Waals surface area contributed by atoms with Gasteiger partial charge in [-0.25, -0.2) is 4.39 Å². The Morgan fingerprint density at radius 3 is 2.51 bits per heavy atom. The molecule has 0 aliphatic carbocycles. The number of alkyl halides is 1. The summed E-state index contributed by atoms with van der Waals surface area (Å²) in [5.41, 5.74) is 1.23. The number of nitrogens with zero attached hydrogens (tertiary/aromatic N) is 6. The molecule has 10 nitrogen and oxygen atoms in total. The number of nitrogens with one attached hydrogen (secondary N) is 1. The van der Waals surface area contributed by atoms with Crippen LogP contribution in [0.15, 0.2) is 77.3 Å². The van der Waals surface area contributed by atoms with Gasteiger partial charge in [0.2, 0.25) is 0 Å². The van der Waals surface area contributed by atoms with E-state index in [4.69, 9.17) is 4.42 Å². The lowest BCUT2D eigenvalue weighted by Crippen LogP contribution is -2.41. The minimum absolute atomic E-state index is 0.0634. The number of anilines is 1. The van der Waals surface area contributed by atoms with E-state index in [9.17, 15) is 14.0 Å². The summed E-state index contributed by atoms with van der Waals surface area (Å²) in [6.45, 7) is 5.41. The van der Waals surface area contributed by atoms with Crippen molar-refractivity contribution in [3.8, 4) is 11.3 Å². The van der Waals surface area contributed by atoms with Crippen LogP contribution in [0.4, 0.5) is 10.1 Å². The monoisotopic (exact) mass is 581 g/mol. The van der Waals surface area contributed by atoms with Crippen LogP contribution in [0.25, 0.3) is 22.3 Å². The predicted octanol–water partition coefficient (Wildman–Crippen LogP) is 5.62. The molecular weight excluding hydrogens is 549 g/mol. The van der Waals surface area contributed by atoms with Gasteiger partial charge in [0, 0.05) is 35.9 Å². The van der Waals surface area contributed by atoms with E-state index in [1.807, 2.05) is 36.1 Å². The second kappa shape index (κ2) is 11.4. The maximum Gasteiger partial charge on any atom is 0.272 e. The topological polar surface area (TPSA) is 119 Å². The fraction of sp³-hybridized carbons (Fsp3) is 0.312. The Hall–Kier alpha value is -4.93. The van der Waals surface area contributed by atoms with Crippen molar-refractivity contribution < 1.29 is 18.4 Å². The summed E-state index contributed by atoms with van der Waals surface area (Å²) in [5.74, 6) is 0.553. The predicted molar refractivity (Wildman–Crippen MR) is 159 cm³/mol. The lowest BCUT2D eigenvalue weighted by atomic mass is 9.85. The largest absolute Gasteiger partial charge is 0.456 e. The van der Waals surface area contributed by atoms with Crippen LogP contribution in [-0.2, 0) is 4.79 Å². The molecule has 1 saturated heterocycles. The number of rotatable bonds is 7. The molecule has 1 aliphatic rings. The van der Waals surface area contributed by atoms with Crippen molar-refractivity contribution in [2.45, 2.75) is 45.3 Å². The summed E-state index contributed by atoms with van der Waals surface area (Å²) >= 11 is 0. The van der Waals surface area contributed by atoms with Crippen LogP contribution in [0, 0.1) is 12.8 Å². The van der Waals surface area contributed by atoms with Gasteiger partial charge in [0.25, 0.3) is 11.8 Å². The summed E-state index contributed by atoms with van der Waals surface area (Å²) in [4.78, 5) is 33.5. The smallest absolute Gasteiger partial charge is 0.272 e. The number of hydrogen-bond donors (Lipinski definition) is 1. The number of benzene rings is 2. The molecule has 1 atom stereocenters. The Kier molecular flexibility index (Phi) is 7.47. The zero-order chi connectivity index (χ0) is 30.1. The van der Waals surface area contributed by atoms with E-state index in [2.05, 4.69) is 37.8 Å². The number of tetrazole rings is 1. The molecule has 0 bridgehead atoms. The van der Waals surface area contributed by atoms with Gasteiger partial charge in [0.05, 0.1) is 0 Å². The first-order valence-electron chi connectivity index (χ1n) is 14.3. The highest BCUT2D eigenvalue weighted by Gasteiger charge is 2.33. The number of carbonyl (C=O) groups excluding carboxylic acids is 2. The average Bonchev–Trinajstić information content (AvgIpc) is 3.63. The van der Waals surface area contributed by atoms with Crippen molar-refractivity contribution >= 4 is 28.5 Å². The maximum absolute atomic E-state index is 14.0. The number of aryl methyl sites for hydroxylation is 1. The molecule has 1 fully saturated rings. The molecule has 5 aromatic rings. The molecule has 2 amide bonds. The van der Waals surface area contributed by atoms with Crippen LogP contribution in [0.5, 0.6) is 0 Å². The minimum Gasteiger partial charge on any atom is -0.456 e. The Bertz CT molecular complexity index is 1770. The molecule has 0 radical (unpaired) electrons. The van der Waals surface area contributed by atoms with Crippen molar-refractivity contribution in [2.24, 2.45) is 5.92 Å². The molecular formula is C32H32FN7O3. The number of aromatic nitrogens is 5. The quantitative estimate of drug-likeness (QED) is 0.265. The maximum atomic E-state index is 14.0. The molecule has 0 spiro atoms. The van der Waals surface area contributed by atoms with Crippen LogP contribution >= 0.6 is 0 Å². The molecule has 1 N–H and O–H groups in total. The van der Waals surface area contributed by atoms with Crippen LogP contribution in [0.3, 0.4) is 0 Å². The second-order valence-corrected chi connectivity index (χ2v) is 11.4. The lowest BCUT2D eigenvalue weighted by molar-refractivity contribution is -0.125. The van der Waals surface area contributed by atoms with Crippen molar-refractivity contribution in [3.05, 3.63) is 90.0 Å². The van der Waals surface area contributed by atoms with Gasteiger partial charge in [0.15, 0.2) is 11.5 Å². The Morgan fingerprint density at radius 2 is 1.81 bits per heavy atom. The highest BCUT2D eigenvalue weighted by Crippen LogP contribution is 2.34. The van der Waals surface area contributed by atoms with E-state index in [1.54, 1.807) is 41.3 Å². The van der Waals surface area contributed by atoms with E-state index in [1.165, 1.54) is 13.8 Å². The molecule has 220 valence electrons. The number of carbonyl (C=O) groups is 2. The molecule has 43 heavy (non-hydrogen) atoms. The molecule has 1 aliphatic heterocycles. The molecule has 3 aromatic heterocycles. The Morgan fingerprint density at radius 1 is 1.05 bits per heavy atom. The van der Waals surface area contributed by atoms with Crippen LogP contribution in [0.1, 0.15) is 54.6 Å². The molecule has 0 saturated carbocycles. The van der Waals surface area contributed by atoms with Gasteiger partial charge < -0.3 is 14.6 Å². The SMILES string of the molecule is Cc1nnn([C@H](c2ccccc2)C2CCN(C(=O)c3cc(-c4cc5cc(NC(=O)C(C)(C)F)ccc5o4)ccn3)CC2)n1. The van der Waals surface area contributed by atoms with Gasteiger partial charge in [-0.05, 0) is 86.7 Å². The Balaban J connectivity index is 1.16. The third kappa shape index (κ3) is 6.01. The van der Waals surface area contributed by atoms with Crippen molar-refractivity contribution in [1.29, 1.82) is 0 Å². The fourth-order valence-electron chi connectivity index (χ4n) is 5.49. The first-order valence-corrected chi connectivity index (χ1v) is 14.3. The van der Waals surface area contributed by atoms with E-state index >= 15 is 0 Å². The highest BCUT2D eigenvalue weighted by molar-refractivity contribution is 5.98. The third-order valence-corrected chi connectivity index (χ3v) is 7.77. The number of fused-ring (bicyclic) bond motifs is 1.